The predicted octanol–water partition coefficient (Wildman–Crippen LogP) is 3.47. The lowest BCUT2D eigenvalue weighted by Gasteiger charge is -1.92. The maximum Gasteiger partial charge on any atom is 0.0590 e. The Morgan fingerprint density at radius 3 is 2.12 bits per heavy atom. The summed E-state index contributed by atoms with van der Waals surface area (Å²) in [4.78, 5) is 0. The molecule has 8 heavy (non-hydrogen) atoms. The molecule has 0 fully saturated rings. The van der Waals surface area contributed by atoms with Crippen molar-refractivity contribution in [1.29, 1.82) is 0 Å². The third-order valence-corrected chi connectivity index (χ3v) is 3.60. The van der Waals surface area contributed by atoms with Crippen LogP contribution in [0.3, 0.4) is 0 Å². The van der Waals surface area contributed by atoms with Crippen LogP contribution in [0.25, 0.3) is 0 Å². The highest BCUT2D eigenvalue weighted by Crippen LogP contribution is 2.18. The molecule has 48 valence electrons. The fourth-order valence-electron chi connectivity index (χ4n) is 0.145. The zero-order valence-corrected chi connectivity index (χ0v) is 8.61. The van der Waals surface area contributed by atoms with Crippen LogP contribution in [0.1, 0.15) is 0 Å². The van der Waals surface area contributed by atoms with Crippen molar-refractivity contribution in [2.45, 2.75) is 0 Å². The van der Waals surface area contributed by atoms with Crippen molar-refractivity contribution in [3.63, 3.8) is 0 Å². The SMILES string of the molecule is ClCC(Cl)=C(Br)CBr. The second-order valence-electron chi connectivity index (χ2n) is 1.08. The minimum Gasteiger partial charge on any atom is -0.121 e. The predicted molar refractivity (Wildman–Crippen MR) is 46.3 cm³/mol. The lowest BCUT2D eigenvalue weighted by Crippen LogP contribution is -1.78. The molecule has 0 spiro atoms. The van der Waals surface area contributed by atoms with Gasteiger partial charge in [0.15, 0.2) is 0 Å². The molecule has 0 N–H and O–H groups in total. The molecule has 0 aromatic heterocycles. The van der Waals surface area contributed by atoms with Crippen molar-refractivity contribution in [1.82, 2.24) is 0 Å². The van der Waals surface area contributed by atoms with Crippen molar-refractivity contribution in [2.24, 2.45) is 0 Å². The van der Waals surface area contributed by atoms with E-state index in [1.807, 2.05) is 0 Å². The average Bonchev–Trinajstić information content (AvgIpc) is 1.84. The van der Waals surface area contributed by atoms with Crippen LogP contribution in [-0.2, 0) is 0 Å². The molecule has 0 aliphatic rings. The third-order valence-electron chi connectivity index (χ3n) is 0.529. The highest BCUT2D eigenvalue weighted by molar-refractivity contribution is 9.13. The molecule has 0 radical (unpaired) electrons. The molecular weight excluding hydrogens is 279 g/mol. The van der Waals surface area contributed by atoms with E-state index in [0.717, 1.165) is 9.81 Å². The second-order valence-corrected chi connectivity index (χ2v) is 3.32. The van der Waals surface area contributed by atoms with Crippen molar-refractivity contribution in [3.05, 3.63) is 9.51 Å². The summed E-state index contributed by atoms with van der Waals surface area (Å²) in [5.74, 6) is 0.369. The molecule has 0 heterocycles. The minimum absolute atomic E-state index is 0.369. The lowest BCUT2D eigenvalue weighted by molar-refractivity contribution is 1.59. The van der Waals surface area contributed by atoms with Crippen LogP contribution in [0.15, 0.2) is 9.51 Å². The summed E-state index contributed by atoms with van der Waals surface area (Å²) in [5, 5.41) is 1.38. The highest BCUT2D eigenvalue weighted by Gasteiger charge is 1.95. The summed E-state index contributed by atoms with van der Waals surface area (Å²) in [6.45, 7) is 0. The Kier molecular flexibility index (Phi) is 5.91. The number of halogens is 4. The van der Waals surface area contributed by atoms with E-state index in [2.05, 4.69) is 31.9 Å². The van der Waals surface area contributed by atoms with Gasteiger partial charge in [-0.15, -0.1) is 11.6 Å². The average molecular weight is 283 g/mol. The first-order chi connectivity index (χ1) is 3.72. The summed E-state index contributed by atoms with van der Waals surface area (Å²) in [6, 6.07) is 0. The minimum atomic E-state index is 0.369. The zero-order valence-electron chi connectivity index (χ0n) is 3.93. The number of rotatable bonds is 2. The number of alkyl halides is 2. The molecule has 4 heteroatoms. The first-order valence-electron chi connectivity index (χ1n) is 1.87. The summed E-state index contributed by atoms with van der Waals surface area (Å²) in [5.41, 5.74) is 0. The van der Waals surface area contributed by atoms with Crippen LogP contribution in [0, 0.1) is 0 Å². The van der Waals surface area contributed by atoms with Crippen LogP contribution in [0.4, 0.5) is 0 Å². The maximum atomic E-state index is 5.59. The van der Waals surface area contributed by atoms with Gasteiger partial charge in [0, 0.05) is 14.8 Å². The Bertz CT molecular complexity index is 88.2. The third kappa shape index (κ3) is 3.33. The van der Waals surface area contributed by atoms with Crippen LogP contribution in [0.2, 0.25) is 0 Å². The van der Waals surface area contributed by atoms with Gasteiger partial charge in [0.2, 0.25) is 0 Å². The molecule has 0 unspecified atom stereocenters. The molecule has 0 aliphatic heterocycles. The van der Waals surface area contributed by atoms with E-state index in [1.54, 1.807) is 0 Å². The van der Waals surface area contributed by atoms with Gasteiger partial charge < -0.3 is 0 Å². The van der Waals surface area contributed by atoms with Gasteiger partial charge in [-0.3, -0.25) is 0 Å². The molecule has 0 aliphatic carbocycles. The monoisotopic (exact) mass is 280 g/mol. The van der Waals surface area contributed by atoms with Crippen molar-refractivity contribution >= 4 is 55.1 Å². The van der Waals surface area contributed by atoms with E-state index in [4.69, 9.17) is 23.2 Å². The van der Waals surface area contributed by atoms with Crippen LogP contribution in [-0.4, -0.2) is 11.2 Å². The van der Waals surface area contributed by atoms with E-state index >= 15 is 0 Å². The molecule has 0 aromatic rings. The highest BCUT2D eigenvalue weighted by atomic mass is 79.9. The molecule has 0 bridgehead atoms. The molecule has 0 nitrogen and oxygen atoms in total. The van der Waals surface area contributed by atoms with Gasteiger partial charge in [0.1, 0.15) is 0 Å². The Morgan fingerprint density at radius 2 is 2.00 bits per heavy atom. The summed E-state index contributed by atoms with van der Waals surface area (Å²) in [7, 11) is 0. The Labute approximate surface area is 75.5 Å². The van der Waals surface area contributed by atoms with Gasteiger partial charge in [-0.25, -0.2) is 0 Å². The smallest absolute Gasteiger partial charge is 0.0590 e. The molecule has 0 atom stereocenters. The van der Waals surface area contributed by atoms with Gasteiger partial charge in [0.05, 0.1) is 5.88 Å². The molecule has 0 saturated carbocycles. The first kappa shape index (κ1) is 9.28. The molecule has 0 aromatic carbocycles. The fraction of sp³-hybridized carbons (Fsp3) is 0.500. The van der Waals surface area contributed by atoms with Crippen molar-refractivity contribution < 1.29 is 0 Å². The second kappa shape index (κ2) is 5.10. The lowest BCUT2D eigenvalue weighted by atomic mass is 10.6. The van der Waals surface area contributed by atoms with Gasteiger partial charge >= 0.3 is 0 Å². The topological polar surface area (TPSA) is 0 Å². The summed E-state index contributed by atoms with van der Waals surface area (Å²) < 4.78 is 0.911. The van der Waals surface area contributed by atoms with Crippen LogP contribution in [0.5, 0.6) is 0 Å². The van der Waals surface area contributed by atoms with E-state index in [0.29, 0.717) is 10.9 Å². The molecule has 0 rings (SSSR count). The standard InChI is InChI=1S/C4H4Br2Cl2/c5-1-3(6)4(8)2-7/h1-2H2. The van der Waals surface area contributed by atoms with Crippen LogP contribution >= 0.6 is 55.1 Å². The normalized spacial score (nSPS) is 13.5. The van der Waals surface area contributed by atoms with E-state index < -0.39 is 0 Å². The number of hydrogen-bond donors (Lipinski definition) is 0. The van der Waals surface area contributed by atoms with Crippen molar-refractivity contribution in [2.75, 3.05) is 11.2 Å². The first-order valence-corrected chi connectivity index (χ1v) is 4.70. The van der Waals surface area contributed by atoms with Crippen LogP contribution < -0.4 is 0 Å². The summed E-state index contributed by atoms with van der Waals surface area (Å²) >= 11 is 17.4. The largest absolute Gasteiger partial charge is 0.121 e. The van der Waals surface area contributed by atoms with Gasteiger partial charge in [0.25, 0.3) is 0 Å². The molecule has 0 saturated heterocycles. The maximum absolute atomic E-state index is 5.59. The molecule has 0 amide bonds. The van der Waals surface area contributed by atoms with E-state index in [9.17, 15) is 0 Å². The quantitative estimate of drug-likeness (QED) is 0.681. The summed E-state index contributed by atoms with van der Waals surface area (Å²) in [6.07, 6.45) is 0. The fourth-order valence-corrected chi connectivity index (χ4v) is 1.17. The number of allylic oxidation sites excluding steroid dienone is 2. The van der Waals surface area contributed by atoms with Crippen molar-refractivity contribution in [3.8, 4) is 0 Å². The zero-order chi connectivity index (χ0) is 6.57. The van der Waals surface area contributed by atoms with Gasteiger partial charge in [-0.05, 0) is 0 Å². The van der Waals surface area contributed by atoms with E-state index in [1.165, 1.54) is 0 Å². The Balaban J connectivity index is 3.83. The number of hydrogen-bond acceptors (Lipinski definition) is 0. The Hall–Kier alpha value is 1.28. The Morgan fingerprint density at radius 1 is 1.50 bits per heavy atom. The van der Waals surface area contributed by atoms with Gasteiger partial charge in [-0.2, -0.15) is 0 Å². The van der Waals surface area contributed by atoms with E-state index in [-0.39, 0.29) is 0 Å². The van der Waals surface area contributed by atoms with Gasteiger partial charge in [-0.1, -0.05) is 43.5 Å². The molecular formula is C4H4Br2Cl2.